The molecule has 2 heterocycles. The lowest BCUT2D eigenvalue weighted by Gasteiger charge is -2.17. The van der Waals surface area contributed by atoms with Gasteiger partial charge in [-0.3, -0.25) is 14.5 Å². The van der Waals surface area contributed by atoms with Gasteiger partial charge in [-0.1, -0.05) is 6.07 Å². The number of halogens is 1. The third kappa shape index (κ3) is 3.53. The molecular formula is C21H17FN4O4S. The number of pyridine rings is 1. The first-order valence-electron chi connectivity index (χ1n) is 9.36. The fraction of sp³-hybridized carbons (Fsp3) is 0.190. The minimum atomic E-state index is -3.68. The van der Waals surface area contributed by atoms with Crippen LogP contribution in [0.25, 0.3) is 10.9 Å². The number of aromatic nitrogens is 1. The molecule has 0 bridgehead atoms. The first kappa shape index (κ1) is 20.6. The van der Waals surface area contributed by atoms with Gasteiger partial charge in [0, 0.05) is 30.2 Å². The van der Waals surface area contributed by atoms with Crippen molar-refractivity contribution in [1.82, 2.24) is 9.88 Å². The van der Waals surface area contributed by atoms with E-state index in [1.54, 1.807) is 12.1 Å². The van der Waals surface area contributed by atoms with Crippen LogP contribution in [0.3, 0.4) is 0 Å². The lowest BCUT2D eigenvalue weighted by atomic mass is 10.0. The quantitative estimate of drug-likeness (QED) is 0.588. The minimum Gasteiger partial charge on any atom is -0.505 e. The molecule has 3 aromatic rings. The highest BCUT2D eigenvalue weighted by molar-refractivity contribution is 7.92. The number of hydrogen-bond acceptors (Lipinski definition) is 6. The van der Waals surface area contributed by atoms with E-state index in [1.165, 1.54) is 30.2 Å². The highest BCUT2D eigenvalue weighted by Crippen LogP contribution is 2.43. The first-order valence-corrected chi connectivity index (χ1v) is 11.0. The fourth-order valence-electron chi connectivity index (χ4n) is 3.62. The molecule has 0 fully saturated rings. The van der Waals surface area contributed by atoms with Gasteiger partial charge in [-0.2, -0.15) is 5.26 Å². The smallest absolute Gasteiger partial charge is 0.258 e. The van der Waals surface area contributed by atoms with E-state index in [4.69, 9.17) is 0 Å². The van der Waals surface area contributed by atoms with Crippen molar-refractivity contribution in [2.45, 2.75) is 20.0 Å². The Morgan fingerprint density at radius 3 is 2.84 bits per heavy atom. The maximum atomic E-state index is 13.5. The molecule has 10 heteroatoms. The topological polar surface area (TPSA) is 123 Å². The third-order valence-corrected chi connectivity index (χ3v) is 6.46. The predicted octanol–water partition coefficient (Wildman–Crippen LogP) is 2.87. The second-order valence-corrected chi connectivity index (χ2v) is 9.07. The Labute approximate surface area is 177 Å². The summed E-state index contributed by atoms with van der Waals surface area (Å²) in [5.74, 6) is -1.62. The van der Waals surface area contributed by atoms with Crippen LogP contribution in [0.5, 0.6) is 5.75 Å². The molecule has 0 aliphatic carbocycles. The molecule has 1 aliphatic heterocycles. The second-order valence-electron chi connectivity index (χ2n) is 7.06. The number of benzene rings is 2. The van der Waals surface area contributed by atoms with Gasteiger partial charge < -0.3 is 10.0 Å². The summed E-state index contributed by atoms with van der Waals surface area (Å²) in [5, 5.41) is 20.4. The van der Waals surface area contributed by atoms with Crippen molar-refractivity contribution in [1.29, 1.82) is 5.26 Å². The molecule has 0 saturated heterocycles. The molecule has 158 valence electrons. The monoisotopic (exact) mass is 440 g/mol. The summed E-state index contributed by atoms with van der Waals surface area (Å²) in [4.78, 5) is 18.6. The van der Waals surface area contributed by atoms with Gasteiger partial charge in [0.25, 0.3) is 5.91 Å². The van der Waals surface area contributed by atoms with Crippen molar-refractivity contribution >= 4 is 32.5 Å². The molecule has 2 N–H and O–H groups in total. The van der Waals surface area contributed by atoms with Gasteiger partial charge in [0.1, 0.15) is 11.3 Å². The van der Waals surface area contributed by atoms with Crippen LogP contribution < -0.4 is 4.72 Å². The van der Waals surface area contributed by atoms with Gasteiger partial charge in [-0.05, 0) is 36.8 Å². The van der Waals surface area contributed by atoms with Gasteiger partial charge >= 0.3 is 0 Å². The predicted molar refractivity (Wildman–Crippen MR) is 111 cm³/mol. The maximum absolute atomic E-state index is 13.5. The van der Waals surface area contributed by atoms with Gasteiger partial charge in [0.2, 0.25) is 10.0 Å². The van der Waals surface area contributed by atoms with Crippen LogP contribution in [-0.4, -0.2) is 35.1 Å². The molecule has 31 heavy (non-hydrogen) atoms. The molecule has 0 saturated carbocycles. The van der Waals surface area contributed by atoms with Crippen molar-refractivity contribution in [2.75, 3.05) is 10.5 Å². The second kappa shape index (κ2) is 7.52. The van der Waals surface area contributed by atoms with E-state index in [0.717, 1.165) is 6.07 Å². The van der Waals surface area contributed by atoms with Crippen molar-refractivity contribution in [3.63, 3.8) is 0 Å². The highest BCUT2D eigenvalue weighted by Gasteiger charge is 2.36. The molecular weight excluding hydrogens is 423 g/mol. The van der Waals surface area contributed by atoms with Crippen molar-refractivity contribution < 1.29 is 22.7 Å². The molecule has 0 atom stereocenters. The largest absolute Gasteiger partial charge is 0.505 e. The number of aromatic hydroxyl groups is 1. The van der Waals surface area contributed by atoms with Crippen molar-refractivity contribution in [3.05, 3.63) is 64.6 Å². The summed E-state index contributed by atoms with van der Waals surface area (Å²) in [6, 6.07) is 8.81. The number of phenols is 1. The Hall–Kier alpha value is -3.71. The zero-order valence-corrected chi connectivity index (χ0v) is 17.2. The summed E-state index contributed by atoms with van der Waals surface area (Å²) < 4.78 is 40.6. The minimum absolute atomic E-state index is 0.00360. The number of carbonyl (C=O) groups excluding carboxylic acids is 1. The number of phenolic OH excluding ortho intramolecular Hbond substituents is 1. The molecule has 1 aromatic heterocycles. The molecule has 2 aromatic carbocycles. The molecule has 0 unspecified atom stereocenters. The number of fused-ring (bicyclic) bond motifs is 2. The number of nitrogens with zero attached hydrogens (tertiary/aromatic N) is 3. The lowest BCUT2D eigenvalue weighted by Crippen LogP contribution is -2.24. The Morgan fingerprint density at radius 2 is 2.13 bits per heavy atom. The van der Waals surface area contributed by atoms with E-state index in [2.05, 4.69) is 9.71 Å². The van der Waals surface area contributed by atoms with Crippen LogP contribution in [0.2, 0.25) is 0 Å². The van der Waals surface area contributed by atoms with Crippen LogP contribution >= 0.6 is 0 Å². The SMILES string of the molecule is CCS(=O)(=O)Nc1c2c(c(O)c3ncccc13)C(=O)N(Cc1ccc(F)cc1C#N)C2. The molecule has 8 nitrogen and oxygen atoms in total. The number of nitriles is 1. The zero-order valence-electron chi connectivity index (χ0n) is 16.4. The van der Waals surface area contributed by atoms with E-state index in [1.807, 2.05) is 6.07 Å². The van der Waals surface area contributed by atoms with Gasteiger partial charge in [-0.25, -0.2) is 12.8 Å². The van der Waals surface area contributed by atoms with Crippen LogP contribution in [-0.2, 0) is 23.1 Å². The number of carbonyl (C=O) groups is 1. The molecule has 4 rings (SSSR count). The molecule has 0 radical (unpaired) electrons. The summed E-state index contributed by atoms with van der Waals surface area (Å²) in [6.45, 7) is 1.47. The van der Waals surface area contributed by atoms with Gasteiger partial charge in [0.15, 0.2) is 5.75 Å². The third-order valence-electron chi connectivity index (χ3n) is 5.18. The number of amides is 1. The summed E-state index contributed by atoms with van der Waals surface area (Å²) in [5.41, 5.74) is 1.09. The van der Waals surface area contributed by atoms with E-state index in [9.17, 15) is 28.0 Å². The molecule has 1 amide bonds. The number of nitrogens with one attached hydrogen (secondary N) is 1. The fourth-order valence-corrected chi connectivity index (χ4v) is 4.31. The number of hydrogen-bond donors (Lipinski definition) is 2. The first-order chi connectivity index (χ1) is 14.8. The van der Waals surface area contributed by atoms with Crippen LogP contribution in [0.4, 0.5) is 10.1 Å². The summed E-state index contributed by atoms with van der Waals surface area (Å²) in [7, 11) is -3.68. The van der Waals surface area contributed by atoms with Crippen LogP contribution in [0.15, 0.2) is 36.5 Å². The summed E-state index contributed by atoms with van der Waals surface area (Å²) >= 11 is 0. The van der Waals surface area contributed by atoms with E-state index in [0.29, 0.717) is 16.5 Å². The Kier molecular flexibility index (Phi) is 4.99. The van der Waals surface area contributed by atoms with Crippen LogP contribution in [0.1, 0.15) is 34.0 Å². The molecule has 1 aliphatic rings. The average molecular weight is 440 g/mol. The summed E-state index contributed by atoms with van der Waals surface area (Å²) in [6.07, 6.45) is 1.43. The van der Waals surface area contributed by atoms with E-state index in [-0.39, 0.29) is 46.9 Å². The zero-order chi connectivity index (χ0) is 22.3. The van der Waals surface area contributed by atoms with Crippen LogP contribution in [0, 0.1) is 17.1 Å². The Morgan fingerprint density at radius 1 is 1.35 bits per heavy atom. The van der Waals surface area contributed by atoms with Crippen molar-refractivity contribution in [2.24, 2.45) is 0 Å². The molecule has 0 spiro atoms. The van der Waals surface area contributed by atoms with Gasteiger partial charge in [0.05, 0.1) is 28.6 Å². The number of sulfonamides is 1. The average Bonchev–Trinajstić information content (AvgIpc) is 3.08. The van der Waals surface area contributed by atoms with Crippen molar-refractivity contribution in [3.8, 4) is 11.8 Å². The normalized spacial score (nSPS) is 13.3. The standard InChI is InChI=1S/C21H17FN4O4S/c1-2-31(29,30)25-18-15-4-3-7-24-19(15)20(27)17-16(18)11-26(21(17)28)10-12-5-6-14(22)8-13(12)9-23/h3-8,25,27H,2,10-11H2,1H3. The number of rotatable bonds is 5. The van der Waals surface area contributed by atoms with Gasteiger partial charge in [-0.15, -0.1) is 0 Å². The van der Waals surface area contributed by atoms with E-state index >= 15 is 0 Å². The maximum Gasteiger partial charge on any atom is 0.258 e. The highest BCUT2D eigenvalue weighted by atomic mass is 32.2. The number of anilines is 1. The van der Waals surface area contributed by atoms with E-state index < -0.39 is 21.7 Å². The lowest BCUT2D eigenvalue weighted by molar-refractivity contribution is 0.0764. The Bertz CT molecular complexity index is 1380. The Balaban J connectivity index is 1.84.